The maximum atomic E-state index is 12.9. The molecule has 4 rings (SSSR count). The summed E-state index contributed by atoms with van der Waals surface area (Å²) in [6, 6.07) is 8.68. The second-order valence-electron chi connectivity index (χ2n) is 7.10. The third-order valence-corrected chi connectivity index (χ3v) is 4.97. The van der Waals surface area contributed by atoms with E-state index < -0.39 is 0 Å². The number of aromatic nitrogens is 2. The summed E-state index contributed by atoms with van der Waals surface area (Å²) in [6.07, 6.45) is 4.14. The molecule has 7 heteroatoms. The van der Waals surface area contributed by atoms with Gasteiger partial charge in [-0.2, -0.15) is 5.10 Å². The average Bonchev–Trinajstić information content (AvgIpc) is 3.05. The number of hydrogen-bond acceptors (Lipinski definition) is 4. The number of fused-ring (bicyclic) bond motifs is 1. The van der Waals surface area contributed by atoms with Gasteiger partial charge in [-0.15, -0.1) is 0 Å². The van der Waals surface area contributed by atoms with Crippen LogP contribution in [0.25, 0.3) is 6.08 Å². The monoisotopic (exact) mass is 369 g/mol. The van der Waals surface area contributed by atoms with Crippen LogP contribution in [0.5, 0.6) is 0 Å². The zero-order chi connectivity index (χ0) is 18.6. The Kier molecular flexibility index (Phi) is 5.31. The second-order valence-corrected chi connectivity index (χ2v) is 7.10. The summed E-state index contributed by atoms with van der Waals surface area (Å²) in [7, 11) is 0. The highest BCUT2D eigenvalue weighted by molar-refractivity contribution is 5.78. The highest BCUT2D eigenvalue weighted by Crippen LogP contribution is 2.15. The van der Waals surface area contributed by atoms with Crippen molar-refractivity contribution in [1.82, 2.24) is 24.9 Å². The van der Waals surface area contributed by atoms with Gasteiger partial charge < -0.3 is 5.32 Å². The Balaban J connectivity index is 1.32. The minimum Gasteiger partial charge on any atom is -0.354 e. The summed E-state index contributed by atoms with van der Waals surface area (Å²) < 4.78 is 15.0. The van der Waals surface area contributed by atoms with Crippen LogP contribution in [0.1, 0.15) is 17.0 Å². The van der Waals surface area contributed by atoms with Crippen molar-refractivity contribution in [2.75, 3.05) is 32.7 Å². The van der Waals surface area contributed by atoms with E-state index in [0.717, 1.165) is 50.5 Å². The number of nitrogens with one attached hydrogen (secondary N) is 1. The molecule has 2 aromatic rings. The number of halogens is 1. The number of amides is 1. The maximum Gasteiger partial charge on any atom is 0.234 e. The number of carbonyl (C=O) groups excluding carboxylic acids is 1. The molecule has 6 nitrogen and oxygen atoms in total. The Morgan fingerprint density at radius 1 is 1.11 bits per heavy atom. The van der Waals surface area contributed by atoms with E-state index in [0.29, 0.717) is 13.1 Å². The van der Waals surface area contributed by atoms with Gasteiger partial charge >= 0.3 is 0 Å². The third kappa shape index (κ3) is 4.61. The first kappa shape index (κ1) is 17.9. The SMILES string of the molecule is O=C1CN(Cc2cc3n(n2)CCN(CC=Cc2ccc(F)cc2)C3)CCN1. The van der Waals surface area contributed by atoms with Gasteiger partial charge in [-0.3, -0.25) is 19.3 Å². The minimum atomic E-state index is -0.211. The minimum absolute atomic E-state index is 0.0874. The molecule has 0 unspecified atom stereocenters. The van der Waals surface area contributed by atoms with Gasteiger partial charge in [0, 0.05) is 39.3 Å². The highest BCUT2D eigenvalue weighted by Gasteiger charge is 2.21. The lowest BCUT2D eigenvalue weighted by Crippen LogP contribution is -2.47. The van der Waals surface area contributed by atoms with Gasteiger partial charge in [0.1, 0.15) is 5.82 Å². The molecule has 1 amide bonds. The van der Waals surface area contributed by atoms with Crippen molar-refractivity contribution in [3.05, 3.63) is 59.2 Å². The number of nitrogens with zero attached hydrogens (tertiary/aromatic N) is 4. The Morgan fingerprint density at radius 2 is 1.96 bits per heavy atom. The van der Waals surface area contributed by atoms with E-state index in [1.54, 1.807) is 12.1 Å². The molecule has 0 radical (unpaired) electrons. The van der Waals surface area contributed by atoms with E-state index in [9.17, 15) is 9.18 Å². The molecule has 1 fully saturated rings. The predicted molar refractivity (Wildman–Crippen MR) is 101 cm³/mol. The van der Waals surface area contributed by atoms with E-state index in [-0.39, 0.29) is 11.7 Å². The van der Waals surface area contributed by atoms with Crippen LogP contribution >= 0.6 is 0 Å². The van der Waals surface area contributed by atoms with Gasteiger partial charge in [0.25, 0.3) is 0 Å². The number of rotatable bonds is 5. The van der Waals surface area contributed by atoms with E-state index in [1.165, 1.54) is 17.8 Å². The third-order valence-electron chi connectivity index (χ3n) is 4.97. The average molecular weight is 369 g/mol. The second kappa shape index (κ2) is 8.02. The van der Waals surface area contributed by atoms with Crippen LogP contribution in [0.3, 0.4) is 0 Å². The molecule has 0 spiro atoms. The fraction of sp³-hybridized carbons (Fsp3) is 0.400. The lowest BCUT2D eigenvalue weighted by Gasteiger charge is -2.26. The lowest BCUT2D eigenvalue weighted by atomic mass is 10.2. The van der Waals surface area contributed by atoms with Gasteiger partial charge in [-0.05, 0) is 23.8 Å². The number of piperazine rings is 1. The first-order valence-electron chi connectivity index (χ1n) is 9.35. The number of hydrogen-bond donors (Lipinski definition) is 1. The van der Waals surface area contributed by atoms with Crippen molar-refractivity contribution in [2.45, 2.75) is 19.6 Å². The first-order chi connectivity index (χ1) is 13.2. The van der Waals surface area contributed by atoms with Crippen molar-refractivity contribution in [1.29, 1.82) is 0 Å². The topological polar surface area (TPSA) is 53.4 Å². The van der Waals surface area contributed by atoms with Gasteiger partial charge in [0.2, 0.25) is 5.91 Å². The summed E-state index contributed by atoms with van der Waals surface area (Å²) in [5, 5.41) is 7.55. The molecule has 0 bridgehead atoms. The largest absolute Gasteiger partial charge is 0.354 e. The molecule has 2 aliphatic heterocycles. The maximum absolute atomic E-state index is 12.9. The van der Waals surface area contributed by atoms with Crippen LogP contribution in [0.15, 0.2) is 36.4 Å². The zero-order valence-corrected chi connectivity index (χ0v) is 15.3. The van der Waals surface area contributed by atoms with Crippen LogP contribution < -0.4 is 5.32 Å². The Hall–Kier alpha value is -2.51. The zero-order valence-electron chi connectivity index (χ0n) is 15.3. The quantitative estimate of drug-likeness (QED) is 0.868. The molecular formula is C20H24FN5O. The smallest absolute Gasteiger partial charge is 0.234 e. The van der Waals surface area contributed by atoms with E-state index in [4.69, 9.17) is 5.10 Å². The number of benzene rings is 1. The van der Waals surface area contributed by atoms with Crippen molar-refractivity contribution in [2.24, 2.45) is 0 Å². The summed E-state index contributed by atoms with van der Waals surface area (Å²) in [5.41, 5.74) is 3.25. The summed E-state index contributed by atoms with van der Waals surface area (Å²) in [4.78, 5) is 16.0. The number of carbonyl (C=O) groups is 1. The van der Waals surface area contributed by atoms with E-state index >= 15 is 0 Å². The normalized spacial score (nSPS) is 18.6. The Labute approximate surface area is 158 Å². The molecule has 0 atom stereocenters. The van der Waals surface area contributed by atoms with E-state index in [1.807, 2.05) is 6.08 Å². The fourth-order valence-electron chi connectivity index (χ4n) is 3.58. The van der Waals surface area contributed by atoms with Gasteiger partial charge in [-0.1, -0.05) is 24.3 Å². The molecule has 0 saturated carbocycles. The summed E-state index contributed by atoms with van der Waals surface area (Å²) >= 11 is 0. The summed E-state index contributed by atoms with van der Waals surface area (Å²) in [5.74, 6) is -0.123. The van der Waals surface area contributed by atoms with Crippen molar-refractivity contribution in [3.63, 3.8) is 0 Å². The first-order valence-corrected chi connectivity index (χ1v) is 9.35. The molecule has 27 heavy (non-hydrogen) atoms. The molecule has 1 N–H and O–H groups in total. The van der Waals surface area contributed by atoms with Crippen LogP contribution in [-0.2, 0) is 24.4 Å². The molecule has 0 aliphatic carbocycles. The van der Waals surface area contributed by atoms with Crippen molar-refractivity contribution in [3.8, 4) is 0 Å². The molecule has 1 aromatic heterocycles. The van der Waals surface area contributed by atoms with Crippen LogP contribution in [0, 0.1) is 5.82 Å². The van der Waals surface area contributed by atoms with Crippen molar-refractivity contribution >= 4 is 12.0 Å². The Bertz CT molecular complexity index is 829. The van der Waals surface area contributed by atoms with Gasteiger partial charge in [-0.25, -0.2) is 4.39 Å². The predicted octanol–water partition coefficient (Wildman–Crippen LogP) is 1.48. The molecule has 2 aliphatic rings. The van der Waals surface area contributed by atoms with Crippen LogP contribution in [0.2, 0.25) is 0 Å². The molecule has 1 aromatic carbocycles. The highest BCUT2D eigenvalue weighted by atomic mass is 19.1. The van der Waals surface area contributed by atoms with E-state index in [2.05, 4.69) is 31.9 Å². The molecule has 1 saturated heterocycles. The lowest BCUT2D eigenvalue weighted by molar-refractivity contribution is -0.124. The van der Waals surface area contributed by atoms with Gasteiger partial charge in [0.05, 0.1) is 24.5 Å². The van der Waals surface area contributed by atoms with Crippen molar-refractivity contribution < 1.29 is 9.18 Å². The molecule has 3 heterocycles. The van der Waals surface area contributed by atoms with Gasteiger partial charge in [0.15, 0.2) is 0 Å². The van der Waals surface area contributed by atoms with Crippen LogP contribution in [0.4, 0.5) is 4.39 Å². The Morgan fingerprint density at radius 3 is 2.78 bits per heavy atom. The fourth-order valence-corrected chi connectivity index (χ4v) is 3.58. The summed E-state index contributed by atoms with van der Waals surface area (Å²) in [6.45, 7) is 6.29. The molecule has 142 valence electrons. The standard InChI is InChI=1S/C20H24FN5O/c21-17-5-3-16(4-6-17)2-1-8-24-10-11-26-19(14-24)12-18(23-26)13-25-9-7-22-20(27)15-25/h1-6,12H,7-11,13-15H2,(H,22,27). The molecular weight excluding hydrogens is 345 g/mol. The van der Waals surface area contributed by atoms with Crippen LogP contribution in [-0.4, -0.2) is 58.2 Å².